The van der Waals surface area contributed by atoms with E-state index < -0.39 is 12.4 Å². The van der Waals surface area contributed by atoms with Gasteiger partial charge < -0.3 is 17.7 Å². The molecule has 0 aliphatic rings. The van der Waals surface area contributed by atoms with E-state index in [9.17, 15) is 12.9 Å². The van der Waals surface area contributed by atoms with Gasteiger partial charge in [0, 0.05) is 6.20 Å². The molecule has 1 rings (SSSR count). The first-order valence-electron chi connectivity index (χ1n) is 3.82. The molecular formula is C7H8BF3KNO. The summed E-state index contributed by atoms with van der Waals surface area (Å²) in [6.45, 7) is -2.82. The van der Waals surface area contributed by atoms with Gasteiger partial charge in [0.2, 0.25) is 5.88 Å². The summed E-state index contributed by atoms with van der Waals surface area (Å²) in [4.78, 5) is 3.51. The van der Waals surface area contributed by atoms with E-state index in [0.29, 0.717) is 6.61 Å². The van der Waals surface area contributed by atoms with E-state index in [1.807, 2.05) is 0 Å². The third-order valence-electron chi connectivity index (χ3n) is 1.43. The summed E-state index contributed by atoms with van der Waals surface area (Å²) in [7, 11) is 0. The summed E-state index contributed by atoms with van der Waals surface area (Å²) in [5, 5.41) is 0. The predicted molar refractivity (Wildman–Crippen MR) is 44.1 cm³/mol. The van der Waals surface area contributed by atoms with Crippen LogP contribution in [0.5, 0.6) is 5.88 Å². The van der Waals surface area contributed by atoms with Crippen molar-refractivity contribution in [1.29, 1.82) is 0 Å². The van der Waals surface area contributed by atoms with Gasteiger partial charge in [0.15, 0.2) is 0 Å². The van der Waals surface area contributed by atoms with Crippen LogP contribution in [0.4, 0.5) is 12.9 Å². The Morgan fingerprint density at radius 1 is 1.36 bits per heavy atom. The molecule has 0 atom stereocenters. The number of ether oxygens (including phenoxy) is 1. The van der Waals surface area contributed by atoms with Crippen LogP contribution in [0, 0.1) is 0 Å². The molecule has 2 nitrogen and oxygen atoms in total. The minimum Gasteiger partial charge on any atom is -0.478 e. The Morgan fingerprint density at radius 2 is 2.00 bits per heavy atom. The Labute approximate surface area is 123 Å². The number of nitrogens with zero attached hydrogens (tertiary/aromatic N) is 1. The van der Waals surface area contributed by atoms with E-state index in [0.717, 1.165) is 12.3 Å². The summed E-state index contributed by atoms with van der Waals surface area (Å²) in [6.07, 6.45) is 0.783. The van der Waals surface area contributed by atoms with E-state index in [1.54, 1.807) is 6.92 Å². The van der Waals surface area contributed by atoms with Crippen molar-refractivity contribution in [3.8, 4) is 5.88 Å². The van der Waals surface area contributed by atoms with Crippen LogP contribution in [0.3, 0.4) is 0 Å². The molecule has 1 heterocycles. The largest absolute Gasteiger partial charge is 1.00 e. The molecule has 1 aromatic rings. The van der Waals surface area contributed by atoms with Crippen LogP contribution in [-0.2, 0) is 0 Å². The number of halogens is 3. The van der Waals surface area contributed by atoms with Gasteiger partial charge in [-0.25, -0.2) is 4.98 Å². The fourth-order valence-corrected chi connectivity index (χ4v) is 0.819. The van der Waals surface area contributed by atoms with Crippen LogP contribution in [-0.4, -0.2) is 18.6 Å². The zero-order valence-corrected chi connectivity index (χ0v) is 11.1. The second-order valence-corrected chi connectivity index (χ2v) is 2.44. The van der Waals surface area contributed by atoms with E-state index in [-0.39, 0.29) is 57.3 Å². The normalized spacial score (nSPS) is 10.6. The molecular weight excluding hydrogens is 221 g/mol. The van der Waals surface area contributed by atoms with Crippen molar-refractivity contribution in [1.82, 2.24) is 4.98 Å². The van der Waals surface area contributed by atoms with Crippen LogP contribution < -0.4 is 61.6 Å². The van der Waals surface area contributed by atoms with Gasteiger partial charge >= 0.3 is 58.4 Å². The molecule has 0 aromatic carbocycles. The maximum absolute atomic E-state index is 12.1. The molecule has 0 fully saturated rings. The SMILES string of the molecule is CCOc1ccc([B-](F)(F)F)cn1.[K+]. The molecule has 0 spiro atoms. The quantitative estimate of drug-likeness (QED) is 0.591. The monoisotopic (exact) mass is 229 g/mol. The van der Waals surface area contributed by atoms with Gasteiger partial charge in [0.25, 0.3) is 0 Å². The zero-order chi connectivity index (χ0) is 9.90. The second-order valence-electron chi connectivity index (χ2n) is 2.44. The molecule has 0 saturated heterocycles. The van der Waals surface area contributed by atoms with E-state index in [4.69, 9.17) is 4.74 Å². The van der Waals surface area contributed by atoms with Gasteiger partial charge in [-0.3, -0.25) is 0 Å². The van der Waals surface area contributed by atoms with Gasteiger partial charge in [-0.2, -0.15) is 0 Å². The number of hydrogen-bond acceptors (Lipinski definition) is 2. The van der Waals surface area contributed by atoms with Crippen LogP contribution >= 0.6 is 0 Å². The van der Waals surface area contributed by atoms with Gasteiger partial charge in [-0.05, 0) is 13.0 Å². The van der Waals surface area contributed by atoms with Crippen LogP contribution in [0.25, 0.3) is 0 Å². The van der Waals surface area contributed by atoms with Crippen molar-refractivity contribution in [2.45, 2.75) is 6.92 Å². The molecule has 14 heavy (non-hydrogen) atoms. The smallest absolute Gasteiger partial charge is 0.478 e. The Bertz CT molecular complexity index is 277. The first-order chi connectivity index (χ1) is 6.04. The maximum atomic E-state index is 12.1. The van der Waals surface area contributed by atoms with Crippen molar-refractivity contribution in [2.75, 3.05) is 6.61 Å². The Hall–Kier alpha value is 0.441. The molecule has 0 aliphatic carbocycles. The first kappa shape index (κ1) is 14.4. The molecule has 0 saturated carbocycles. The third-order valence-corrected chi connectivity index (χ3v) is 1.43. The Balaban J connectivity index is 0.00000169. The van der Waals surface area contributed by atoms with Gasteiger partial charge in [-0.1, -0.05) is 11.5 Å². The Morgan fingerprint density at radius 3 is 2.36 bits per heavy atom. The molecule has 0 bridgehead atoms. The van der Waals surface area contributed by atoms with E-state index in [2.05, 4.69) is 4.98 Å². The van der Waals surface area contributed by atoms with Gasteiger partial charge in [0.05, 0.1) is 6.61 Å². The fourth-order valence-electron chi connectivity index (χ4n) is 0.819. The summed E-state index contributed by atoms with van der Waals surface area (Å²) < 4.78 is 41.2. The summed E-state index contributed by atoms with van der Waals surface area (Å²) >= 11 is 0. The van der Waals surface area contributed by atoms with Gasteiger partial charge in [0.1, 0.15) is 0 Å². The predicted octanol–water partition coefficient (Wildman–Crippen LogP) is -1.46. The second kappa shape index (κ2) is 6.12. The number of hydrogen-bond donors (Lipinski definition) is 0. The van der Waals surface area contributed by atoms with Crippen LogP contribution in [0.2, 0.25) is 0 Å². The van der Waals surface area contributed by atoms with E-state index >= 15 is 0 Å². The van der Waals surface area contributed by atoms with Gasteiger partial charge in [-0.15, -0.1) is 0 Å². The fraction of sp³-hybridized carbons (Fsp3) is 0.286. The molecule has 0 amide bonds. The average molecular weight is 229 g/mol. The first-order valence-corrected chi connectivity index (χ1v) is 3.82. The molecule has 0 radical (unpaired) electrons. The number of rotatable bonds is 3. The van der Waals surface area contributed by atoms with Crippen molar-refractivity contribution in [2.24, 2.45) is 0 Å². The summed E-state index contributed by atoms with van der Waals surface area (Å²) in [6, 6.07) is 2.19. The number of aromatic nitrogens is 1. The minimum atomic E-state index is -4.95. The maximum Gasteiger partial charge on any atom is 1.00 e. The molecule has 0 unspecified atom stereocenters. The standard InChI is InChI=1S/C7H8BF3NO.K/c1-2-13-7-4-3-6(5-12-7)8(9,10)11;/h3-5H,2H2,1H3;/q-1;+1. The van der Waals surface area contributed by atoms with Crippen LogP contribution in [0.15, 0.2) is 18.3 Å². The average Bonchev–Trinajstić information content (AvgIpc) is 2.04. The molecule has 72 valence electrons. The molecule has 0 aliphatic heterocycles. The van der Waals surface area contributed by atoms with Crippen molar-refractivity contribution in [3.63, 3.8) is 0 Å². The summed E-state index contributed by atoms with van der Waals surface area (Å²) in [5.41, 5.74) is -0.705. The van der Waals surface area contributed by atoms with Crippen molar-refractivity contribution in [3.05, 3.63) is 18.3 Å². The molecule has 1 aromatic heterocycles. The third kappa shape index (κ3) is 4.31. The number of pyridine rings is 1. The van der Waals surface area contributed by atoms with Crippen molar-refractivity contribution < 1.29 is 69.1 Å². The van der Waals surface area contributed by atoms with E-state index in [1.165, 1.54) is 6.07 Å². The molecule has 0 N–H and O–H groups in total. The molecule has 7 heteroatoms. The Kier molecular flexibility index (Phi) is 6.31. The topological polar surface area (TPSA) is 22.1 Å². The zero-order valence-electron chi connectivity index (χ0n) is 8.01. The summed E-state index contributed by atoms with van der Waals surface area (Å²) in [5.74, 6) is 0.214. The van der Waals surface area contributed by atoms with Crippen LogP contribution in [0.1, 0.15) is 6.92 Å². The minimum absolute atomic E-state index is 0. The van der Waals surface area contributed by atoms with Crippen molar-refractivity contribution >= 4 is 12.4 Å².